The first-order valence-corrected chi connectivity index (χ1v) is 8.63. The molecule has 130 valence electrons. The van der Waals surface area contributed by atoms with E-state index in [0.29, 0.717) is 25.2 Å². The molecule has 0 bridgehead atoms. The predicted octanol–water partition coefficient (Wildman–Crippen LogP) is 2.68. The minimum absolute atomic E-state index is 0.0667. The fourth-order valence-electron chi connectivity index (χ4n) is 3.17. The van der Waals surface area contributed by atoms with Crippen molar-refractivity contribution in [1.82, 2.24) is 20.4 Å². The molecule has 1 aromatic heterocycles. The van der Waals surface area contributed by atoms with Gasteiger partial charge in [0.25, 0.3) is 0 Å². The smallest absolute Gasteiger partial charge is 0.315 e. The number of carbonyl (C=O) groups excluding carboxylic acids is 1. The largest absolute Gasteiger partial charge is 0.376 e. The van der Waals surface area contributed by atoms with Crippen LogP contribution in [0.1, 0.15) is 56.8 Å². The maximum atomic E-state index is 12.0. The van der Waals surface area contributed by atoms with Gasteiger partial charge in [-0.1, -0.05) is 19.8 Å². The lowest BCUT2D eigenvalue weighted by atomic mass is 9.88. The molecule has 2 rings (SSSR count). The highest BCUT2D eigenvalue weighted by molar-refractivity contribution is 5.74. The highest BCUT2D eigenvalue weighted by atomic mass is 16.5. The van der Waals surface area contributed by atoms with Crippen LogP contribution in [0.4, 0.5) is 4.79 Å². The Hall–Kier alpha value is -1.56. The summed E-state index contributed by atoms with van der Waals surface area (Å²) in [6.45, 7) is 7.32. The Balaban J connectivity index is 1.66. The van der Waals surface area contributed by atoms with Gasteiger partial charge in [0.15, 0.2) is 0 Å². The Morgan fingerprint density at radius 1 is 1.48 bits per heavy atom. The zero-order valence-electron chi connectivity index (χ0n) is 14.8. The predicted molar refractivity (Wildman–Crippen MR) is 90.3 cm³/mol. The third-order valence-corrected chi connectivity index (χ3v) is 4.84. The van der Waals surface area contributed by atoms with Gasteiger partial charge in [-0.2, -0.15) is 5.10 Å². The Kier molecular flexibility index (Phi) is 6.45. The topological polar surface area (TPSA) is 68.2 Å². The van der Waals surface area contributed by atoms with Crippen LogP contribution in [0, 0.1) is 12.8 Å². The average molecular weight is 322 g/mol. The van der Waals surface area contributed by atoms with Crippen LogP contribution in [-0.4, -0.2) is 35.1 Å². The monoisotopic (exact) mass is 322 g/mol. The molecule has 1 aliphatic rings. The maximum Gasteiger partial charge on any atom is 0.315 e. The van der Waals surface area contributed by atoms with Gasteiger partial charge in [-0.15, -0.1) is 0 Å². The summed E-state index contributed by atoms with van der Waals surface area (Å²) in [6.07, 6.45) is 7.11. The standard InChI is InChI=1S/C17H30N4O2/c1-12-7-5-6-8-16(12)23-10-9-18-17(22)20-13(2)15-11-19-21(4)14(15)3/h11-13,16H,5-10H2,1-4H3,(H2,18,20,22)/t12-,13-,16-/m0/s1. The second-order valence-electron chi connectivity index (χ2n) is 6.60. The van der Waals surface area contributed by atoms with Gasteiger partial charge in [0.1, 0.15) is 0 Å². The van der Waals surface area contributed by atoms with Gasteiger partial charge in [-0.25, -0.2) is 4.79 Å². The van der Waals surface area contributed by atoms with Crippen LogP contribution < -0.4 is 10.6 Å². The van der Waals surface area contributed by atoms with Gasteiger partial charge in [0.05, 0.1) is 24.9 Å². The molecule has 0 spiro atoms. The lowest BCUT2D eigenvalue weighted by Crippen LogP contribution is -2.39. The van der Waals surface area contributed by atoms with E-state index in [9.17, 15) is 4.79 Å². The number of aromatic nitrogens is 2. The molecule has 3 atom stereocenters. The third kappa shape index (κ3) is 4.96. The molecule has 0 aromatic carbocycles. The van der Waals surface area contributed by atoms with E-state index in [-0.39, 0.29) is 12.1 Å². The fraction of sp³-hybridized carbons (Fsp3) is 0.765. The first-order chi connectivity index (χ1) is 11.0. The molecule has 6 nitrogen and oxygen atoms in total. The first-order valence-electron chi connectivity index (χ1n) is 8.63. The van der Waals surface area contributed by atoms with Crippen LogP contribution in [0.3, 0.4) is 0 Å². The van der Waals surface area contributed by atoms with Crippen molar-refractivity contribution in [3.63, 3.8) is 0 Å². The molecule has 1 fully saturated rings. The second-order valence-corrected chi connectivity index (χ2v) is 6.60. The molecule has 1 aliphatic carbocycles. The van der Waals surface area contributed by atoms with Crippen molar-refractivity contribution >= 4 is 6.03 Å². The van der Waals surface area contributed by atoms with Crippen LogP contribution in [0.2, 0.25) is 0 Å². The van der Waals surface area contributed by atoms with Crippen molar-refractivity contribution < 1.29 is 9.53 Å². The average Bonchev–Trinajstić information content (AvgIpc) is 2.85. The minimum atomic E-state index is -0.166. The molecule has 1 saturated carbocycles. The number of aryl methyl sites for hydroxylation is 1. The summed E-state index contributed by atoms with van der Waals surface area (Å²) in [5, 5.41) is 10.0. The van der Waals surface area contributed by atoms with Crippen LogP contribution in [0.25, 0.3) is 0 Å². The van der Waals surface area contributed by atoms with E-state index in [4.69, 9.17) is 4.74 Å². The van der Waals surface area contributed by atoms with E-state index in [1.807, 2.05) is 25.6 Å². The van der Waals surface area contributed by atoms with Gasteiger partial charge >= 0.3 is 6.03 Å². The summed E-state index contributed by atoms with van der Waals surface area (Å²) in [5.41, 5.74) is 2.10. The highest BCUT2D eigenvalue weighted by Gasteiger charge is 2.21. The number of carbonyl (C=O) groups is 1. The second kappa shape index (κ2) is 8.34. The summed E-state index contributed by atoms with van der Waals surface area (Å²) in [5.74, 6) is 0.631. The Labute approximate surface area is 139 Å². The summed E-state index contributed by atoms with van der Waals surface area (Å²) in [7, 11) is 1.90. The van der Waals surface area contributed by atoms with Gasteiger partial charge in [-0.05, 0) is 32.6 Å². The summed E-state index contributed by atoms with van der Waals surface area (Å²) in [6, 6.07) is -0.232. The Morgan fingerprint density at radius 2 is 2.22 bits per heavy atom. The number of hydrogen-bond acceptors (Lipinski definition) is 3. The molecule has 2 amide bonds. The molecule has 6 heteroatoms. The molecule has 1 aromatic rings. The summed E-state index contributed by atoms with van der Waals surface area (Å²) in [4.78, 5) is 12.0. The van der Waals surface area contributed by atoms with E-state index >= 15 is 0 Å². The SMILES string of the molecule is Cc1c([C@H](C)NC(=O)NCCO[C@H]2CCCC[C@@H]2C)cnn1C. The molecule has 0 radical (unpaired) electrons. The summed E-state index contributed by atoms with van der Waals surface area (Å²) < 4.78 is 7.71. The molecule has 2 N–H and O–H groups in total. The maximum absolute atomic E-state index is 12.0. The normalized spacial score (nSPS) is 22.6. The number of hydrogen-bond donors (Lipinski definition) is 2. The number of ether oxygens (including phenoxy) is 1. The molecular formula is C17H30N4O2. The van der Waals surface area contributed by atoms with Crippen LogP contribution in [0.15, 0.2) is 6.20 Å². The Morgan fingerprint density at radius 3 is 2.87 bits per heavy atom. The molecular weight excluding hydrogens is 292 g/mol. The van der Waals surface area contributed by atoms with Crippen molar-refractivity contribution in [2.24, 2.45) is 13.0 Å². The fourth-order valence-corrected chi connectivity index (χ4v) is 3.17. The van der Waals surface area contributed by atoms with E-state index < -0.39 is 0 Å². The molecule has 0 saturated heterocycles. The van der Waals surface area contributed by atoms with Crippen molar-refractivity contribution in [1.29, 1.82) is 0 Å². The van der Waals surface area contributed by atoms with Gasteiger partial charge in [0.2, 0.25) is 0 Å². The quantitative estimate of drug-likeness (QED) is 0.791. The number of nitrogens with one attached hydrogen (secondary N) is 2. The minimum Gasteiger partial charge on any atom is -0.376 e. The number of amides is 2. The van der Waals surface area contributed by atoms with E-state index in [0.717, 1.165) is 17.7 Å². The molecule has 0 aliphatic heterocycles. The van der Waals surface area contributed by atoms with Crippen molar-refractivity contribution in [2.75, 3.05) is 13.2 Å². The summed E-state index contributed by atoms with van der Waals surface area (Å²) >= 11 is 0. The zero-order chi connectivity index (χ0) is 16.8. The number of nitrogens with zero attached hydrogens (tertiary/aromatic N) is 2. The first kappa shape index (κ1) is 17.8. The van der Waals surface area contributed by atoms with E-state index in [1.54, 1.807) is 6.20 Å². The van der Waals surface area contributed by atoms with Gasteiger partial charge < -0.3 is 15.4 Å². The van der Waals surface area contributed by atoms with Crippen LogP contribution in [-0.2, 0) is 11.8 Å². The van der Waals surface area contributed by atoms with E-state index in [1.165, 1.54) is 19.3 Å². The Bertz CT molecular complexity index is 515. The lowest BCUT2D eigenvalue weighted by molar-refractivity contribution is -0.00244. The third-order valence-electron chi connectivity index (χ3n) is 4.84. The number of rotatable bonds is 6. The van der Waals surface area contributed by atoms with Crippen LogP contribution >= 0.6 is 0 Å². The van der Waals surface area contributed by atoms with Gasteiger partial charge in [-0.3, -0.25) is 4.68 Å². The van der Waals surface area contributed by atoms with Crippen molar-refractivity contribution in [3.05, 3.63) is 17.5 Å². The lowest BCUT2D eigenvalue weighted by Gasteiger charge is -2.28. The molecule has 1 heterocycles. The van der Waals surface area contributed by atoms with Crippen molar-refractivity contribution in [2.45, 2.75) is 58.6 Å². The number of urea groups is 1. The molecule has 23 heavy (non-hydrogen) atoms. The molecule has 0 unspecified atom stereocenters. The zero-order valence-corrected chi connectivity index (χ0v) is 14.8. The highest BCUT2D eigenvalue weighted by Crippen LogP contribution is 2.25. The van der Waals surface area contributed by atoms with Gasteiger partial charge in [0, 0.05) is 24.8 Å². The van der Waals surface area contributed by atoms with E-state index in [2.05, 4.69) is 22.7 Å². The van der Waals surface area contributed by atoms with Crippen molar-refractivity contribution in [3.8, 4) is 0 Å². The van der Waals surface area contributed by atoms with Crippen LogP contribution in [0.5, 0.6) is 0 Å².